The molecule has 20 heavy (non-hydrogen) atoms. The molecule has 1 heterocycles. The monoisotopic (exact) mass is 494 g/mol. The minimum Gasteiger partial charge on any atom is -0.453 e. The molecule has 0 saturated carbocycles. The van der Waals surface area contributed by atoms with Crippen molar-refractivity contribution < 1.29 is 4.42 Å². The molecule has 0 fully saturated rings. The third kappa shape index (κ3) is 2.10. The van der Waals surface area contributed by atoms with Crippen LogP contribution < -0.4 is 0 Å². The van der Waals surface area contributed by atoms with Gasteiger partial charge in [-0.15, -0.1) is 0 Å². The molecule has 0 saturated heterocycles. The van der Waals surface area contributed by atoms with E-state index in [0.717, 1.165) is 5.39 Å². The quantitative estimate of drug-likeness (QED) is 0.224. The van der Waals surface area contributed by atoms with E-state index < -0.39 is 0 Å². The van der Waals surface area contributed by atoms with Gasteiger partial charge in [-0.3, -0.25) is 0 Å². The summed E-state index contributed by atoms with van der Waals surface area (Å²) in [6.07, 6.45) is 0. The number of hydrogen-bond donors (Lipinski definition) is 0. The van der Waals surface area contributed by atoms with Gasteiger partial charge in [0.2, 0.25) is 0 Å². The molecule has 3 aromatic rings. The molecule has 104 valence electrons. The van der Waals surface area contributed by atoms with Crippen LogP contribution in [0.4, 0.5) is 0 Å². The van der Waals surface area contributed by atoms with Crippen LogP contribution in [-0.4, -0.2) is 0 Å². The normalized spacial score (nSPS) is 11.8. The molecule has 0 bridgehead atoms. The first-order chi connectivity index (χ1) is 9.34. The molecule has 8 heteroatoms. The van der Waals surface area contributed by atoms with Crippen LogP contribution >= 0.6 is 89.9 Å². The molecule has 1 nitrogen and oxygen atoms in total. The summed E-state index contributed by atoms with van der Waals surface area (Å²) in [4.78, 5) is 0. The molecule has 0 amide bonds. The molecule has 0 atom stereocenters. The molecule has 3 rings (SSSR count). The molecule has 2 aromatic carbocycles. The van der Waals surface area contributed by atoms with E-state index in [2.05, 4.69) is 31.9 Å². The fourth-order valence-corrected chi connectivity index (χ4v) is 4.17. The van der Waals surface area contributed by atoms with E-state index in [0.29, 0.717) is 35.5 Å². The van der Waals surface area contributed by atoms with Crippen LogP contribution in [0.3, 0.4) is 0 Å². The van der Waals surface area contributed by atoms with Crippen LogP contribution in [0.5, 0.6) is 0 Å². The Kier molecular flexibility index (Phi) is 4.18. The van der Waals surface area contributed by atoms with Crippen LogP contribution in [0.15, 0.2) is 19.4 Å². The highest BCUT2D eigenvalue weighted by Gasteiger charge is 2.23. The summed E-state index contributed by atoms with van der Waals surface area (Å²) in [6, 6.07) is 1.68. The van der Waals surface area contributed by atoms with Crippen molar-refractivity contribution in [3.63, 3.8) is 0 Å². The molecule has 0 spiro atoms. The van der Waals surface area contributed by atoms with E-state index >= 15 is 0 Å². The van der Waals surface area contributed by atoms with Crippen molar-refractivity contribution in [2.45, 2.75) is 0 Å². The number of rotatable bonds is 0. The van der Waals surface area contributed by atoms with Crippen LogP contribution in [0.1, 0.15) is 0 Å². The smallest absolute Gasteiger partial charge is 0.156 e. The Bertz CT molecular complexity index is 887. The molecule has 0 aliphatic rings. The van der Waals surface area contributed by atoms with Crippen molar-refractivity contribution in [1.29, 1.82) is 0 Å². The molecule has 0 unspecified atom stereocenters. The topological polar surface area (TPSA) is 13.1 Å². The Hall–Kier alpha value is 0.650. The van der Waals surface area contributed by atoms with Gasteiger partial charge in [-0.25, -0.2) is 0 Å². The molecular formula is C12HBr2Cl5O. The van der Waals surface area contributed by atoms with Gasteiger partial charge < -0.3 is 4.42 Å². The largest absolute Gasteiger partial charge is 0.453 e. The van der Waals surface area contributed by atoms with Crippen LogP contribution in [0, 0.1) is 0 Å². The fraction of sp³-hybridized carbons (Fsp3) is 0. The Morgan fingerprint density at radius 2 is 1.35 bits per heavy atom. The zero-order valence-electron chi connectivity index (χ0n) is 9.13. The summed E-state index contributed by atoms with van der Waals surface area (Å²) in [5.74, 6) is 0. The maximum absolute atomic E-state index is 6.22. The number of hydrogen-bond acceptors (Lipinski definition) is 1. The molecule has 1 aromatic heterocycles. The number of fused-ring (bicyclic) bond motifs is 3. The van der Waals surface area contributed by atoms with Gasteiger partial charge in [-0.2, -0.15) is 0 Å². The highest BCUT2D eigenvalue weighted by molar-refractivity contribution is 9.13. The van der Waals surface area contributed by atoms with Gasteiger partial charge in [-0.1, -0.05) is 58.0 Å². The molecular weight excluding hydrogens is 497 g/mol. The summed E-state index contributed by atoms with van der Waals surface area (Å²) in [5, 5.41) is 2.86. The van der Waals surface area contributed by atoms with E-state index in [9.17, 15) is 0 Å². The Balaban J connectivity index is 2.67. The van der Waals surface area contributed by atoms with Crippen molar-refractivity contribution in [2.75, 3.05) is 0 Å². The first-order valence-corrected chi connectivity index (χ1v) is 8.53. The summed E-state index contributed by atoms with van der Waals surface area (Å²) in [6.45, 7) is 0. The summed E-state index contributed by atoms with van der Waals surface area (Å²) < 4.78 is 7.05. The predicted octanol–water partition coefficient (Wildman–Crippen LogP) is 8.38. The van der Waals surface area contributed by atoms with Crippen molar-refractivity contribution in [3.05, 3.63) is 40.1 Å². The van der Waals surface area contributed by atoms with Crippen molar-refractivity contribution in [1.82, 2.24) is 0 Å². The third-order valence-electron chi connectivity index (χ3n) is 2.81. The zero-order valence-corrected chi connectivity index (χ0v) is 16.1. The number of benzene rings is 2. The lowest BCUT2D eigenvalue weighted by Crippen LogP contribution is -1.79. The first kappa shape index (κ1) is 15.5. The second kappa shape index (κ2) is 5.38. The second-order valence-electron chi connectivity index (χ2n) is 3.93. The Labute approximate surface area is 155 Å². The summed E-state index contributed by atoms with van der Waals surface area (Å²) in [7, 11) is 0. The lowest BCUT2D eigenvalue weighted by Gasteiger charge is -2.04. The standard InChI is InChI=1S/C12HBr2Cl5O/c13-5-4-2-1-3(15)7(16)9(18)11(2)20-12(4)10(19)8(17)6(5)14/h1H. The van der Waals surface area contributed by atoms with E-state index in [1.54, 1.807) is 6.07 Å². The van der Waals surface area contributed by atoms with Gasteiger partial charge in [0, 0.05) is 15.2 Å². The van der Waals surface area contributed by atoms with Crippen LogP contribution in [-0.2, 0) is 0 Å². The lowest BCUT2D eigenvalue weighted by atomic mass is 10.1. The van der Waals surface area contributed by atoms with Crippen LogP contribution in [0.2, 0.25) is 25.1 Å². The Morgan fingerprint density at radius 1 is 0.750 bits per heavy atom. The van der Waals surface area contributed by atoms with Crippen molar-refractivity contribution >= 4 is 112 Å². The first-order valence-electron chi connectivity index (χ1n) is 5.06. The van der Waals surface area contributed by atoms with Crippen molar-refractivity contribution in [2.24, 2.45) is 0 Å². The minimum absolute atomic E-state index is 0.234. The molecule has 0 radical (unpaired) electrons. The van der Waals surface area contributed by atoms with Gasteiger partial charge >= 0.3 is 0 Å². The number of halogens is 7. The molecule has 0 N–H and O–H groups in total. The van der Waals surface area contributed by atoms with Gasteiger partial charge in [-0.05, 0) is 37.9 Å². The SMILES string of the molecule is Clc1cc2c(oc3c(Cl)c(Cl)c(Br)c(Br)c32)c(Cl)c1Cl. The summed E-state index contributed by atoms with van der Waals surface area (Å²) in [5.41, 5.74) is 0.829. The lowest BCUT2D eigenvalue weighted by molar-refractivity contribution is 0.669. The van der Waals surface area contributed by atoms with Gasteiger partial charge in [0.1, 0.15) is 10.0 Å². The zero-order chi connectivity index (χ0) is 14.8. The average Bonchev–Trinajstić information content (AvgIpc) is 2.80. The van der Waals surface area contributed by atoms with E-state index in [1.807, 2.05) is 0 Å². The summed E-state index contributed by atoms with van der Waals surface area (Å²) >= 11 is 37.5. The van der Waals surface area contributed by atoms with E-state index in [4.69, 9.17) is 62.4 Å². The maximum atomic E-state index is 6.22. The predicted molar refractivity (Wildman–Crippen MR) is 94.2 cm³/mol. The molecule has 0 aliphatic heterocycles. The highest BCUT2D eigenvalue weighted by Crippen LogP contribution is 2.49. The van der Waals surface area contributed by atoms with Crippen LogP contribution in [0.25, 0.3) is 21.9 Å². The Morgan fingerprint density at radius 3 is 2.00 bits per heavy atom. The van der Waals surface area contributed by atoms with Gasteiger partial charge in [0.15, 0.2) is 11.2 Å². The number of furan rings is 1. The van der Waals surface area contributed by atoms with Gasteiger partial charge in [0.05, 0.1) is 19.5 Å². The average molecular weight is 498 g/mol. The fourth-order valence-electron chi connectivity index (χ4n) is 1.91. The van der Waals surface area contributed by atoms with E-state index in [-0.39, 0.29) is 15.1 Å². The minimum atomic E-state index is 0.234. The maximum Gasteiger partial charge on any atom is 0.156 e. The van der Waals surface area contributed by atoms with Gasteiger partial charge in [0.25, 0.3) is 0 Å². The third-order valence-corrected chi connectivity index (χ3v) is 7.24. The highest BCUT2D eigenvalue weighted by atomic mass is 79.9. The van der Waals surface area contributed by atoms with Crippen molar-refractivity contribution in [3.8, 4) is 0 Å². The van der Waals surface area contributed by atoms with E-state index in [1.165, 1.54) is 0 Å². The second-order valence-corrected chi connectivity index (χ2v) is 7.43. The molecule has 0 aliphatic carbocycles.